The molecule has 68 valence electrons. The van der Waals surface area contributed by atoms with E-state index in [9.17, 15) is 4.79 Å². The van der Waals surface area contributed by atoms with Gasteiger partial charge in [0.1, 0.15) is 6.04 Å². The highest BCUT2D eigenvalue weighted by Crippen LogP contribution is 1.93. The van der Waals surface area contributed by atoms with Gasteiger partial charge in [-0.2, -0.15) is 0 Å². The number of carbonyl (C=O) groups excluding carboxylic acids is 1. The van der Waals surface area contributed by atoms with E-state index in [1.54, 1.807) is 19.3 Å². The molecule has 0 aliphatic rings. The van der Waals surface area contributed by atoms with Gasteiger partial charge in [0.05, 0.1) is 5.69 Å². The first kappa shape index (κ1) is 9.58. The van der Waals surface area contributed by atoms with Crippen LogP contribution in [0.1, 0.15) is 19.5 Å². The SMILES string of the molecule is CC(=O)C(C)N=Cc1ccccn1. The minimum Gasteiger partial charge on any atom is -0.298 e. The lowest BCUT2D eigenvalue weighted by Crippen LogP contribution is -2.10. The standard InChI is InChI=1S/C10H12N2O/c1-8(9(2)13)12-7-10-5-3-4-6-11-10/h3-8H,1-2H3. The van der Waals surface area contributed by atoms with Gasteiger partial charge in [0.25, 0.3) is 0 Å². The van der Waals surface area contributed by atoms with Gasteiger partial charge in [-0.3, -0.25) is 14.8 Å². The molecule has 0 radical (unpaired) electrons. The first-order valence-corrected chi connectivity index (χ1v) is 4.15. The molecule has 3 nitrogen and oxygen atoms in total. The van der Waals surface area contributed by atoms with Crippen molar-refractivity contribution >= 4 is 12.0 Å². The number of Topliss-reactive ketones (excluding diaryl/α,β-unsaturated/α-hetero) is 1. The van der Waals surface area contributed by atoms with Gasteiger partial charge in [-0.1, -0.05) is 6.07 Å². The van der Waals surface area contributed by atoms with Gasteiger partial charge in [0.15, 0.2) is 5.78 Å². The summed E-state index contributed by atoms with van der Waals surface area (Å²) in [5.41, 5.74) is 0.774. The first-order chi connectivity index (χ1) is 6.20. The van der Waals surface area contributed by atoms with Gasteiger partial charge in [-0.05, 0) is 26.0 Å². The normalized spacial score (nSPS) is 13.1. The van der Waals surface area contributed by atoms with Crippen LogP contribution in [0.25, 0.3) is 0 Å². The Morgan fingerprint density at radius 3 is 2.92 bits per heavy atom. The fourth-order valence-corrected chi connectivity index (χ4v) is 0.745. The summed E-state index contributed by atoms with van der Waals surface area (Å²) < 4.78 is 0. The van der Waals surface area contributed by atoms with E-state index in [0.29, 0.717) is 0 Å². The molecule has 1 heterocycles. The predicted octanol–water partition coefficient (Wildman–Crippen LogP) is 1.48. The zero-order valence-electron chi connectivity index (χ0n) is 7.77. The van der Waals surface area contributed by atoms with E-state index in [1.165, 1.54) is 6.92 Å². The molecule has 3 heteroatoms. The lowest BCUT2D eigenvalue weighted by atomic mass is 10.2. The van der Waals surface area contributed by atoms with Crippen molar-refractivity contribution in [3.8, 4) is 0 Å². The van der Waals surface area contributed by atoms with E-state index in [0.717, 1.165) is 5.69 Å². The second-order valence-corrected chi connectivity index (χ2v) is 2.82. The maximum absolute atomic E-state index is 10.8. The van der Waals surface area contributed by atoms with Crippen molar-refractivity contribution in [2.75, 3.05) is 0 Å². The third-order valence-electron chi connectivity index (χ3n) is 1.71. The average molecular weight is 176 g/mol. The van der Waals surface area contributed by atoms with Crippen molar-refractivity contribution in [1.82, 2.24) is 4.98 Å². The Balaban J connectivity index is 2.64. The summed E-state index contributed by atoms with van der Waals surface area (Å²) in [4.78, 5) is 18.9. The van der Waals surface area contributed by atoms with Crippen molar-refractivity contribution in [1.29, 1.82) is 0 Å². The fraction of sp³-hybridized carbons (Fsp3) is 0.300. The van der Waals surface area contributed by atoms with Crippen molar-refractivity contribution < 1.29 is 4.79 Å². The van der Waals surface area contributed by atoms with Crippen LogP contribution in [-0.4, -0.2) is 23.0 Å². The van der Waals surface area contributed by atoms with Crippen molar-refractivity contribution in [2.45, 2.75) is 19.9 Å². The lowest BCUT2D eigenvalue weighted by Gasteiger charge is -1.98. The molecule has 1 aromatic heterocycles. The number of hydrogen-bond donors (Lipinski definition) is 0. The average Bonchev–Trinajstić information content (AvgIpc) is 2.15. The second kappa shape index (κ2) is 4.50. The summed E-state index contributed by atoms with van der Waals surface area (Å²) in [7, 11) is 0. The molecule has 1 atom stereocenters. The number of hydrogen-bond acceptors (Lipinski definition) is 3. The van der Waals surface area contributed by atoms with Gasteiger partial charge in [0.2, 0.25) is 0 Å². The van der Waals surface area contributed by atoms with Crippen LogP contribution in [0.5, 0.6) is 0 Å². The molecular formula is C10H12N2O. The van der Waals surface area contributed by atoms with Crippen LogP contribution in [0.15, 0.2) is 29.4 Å². The van der Waals surface area contributed by atoms with Crippen molar-refractivity contribution in [2.24, 2.45) is 4.99 Å². The van der Waals surface area contributed by atoms with Gasteiger partial charge >= 0.3 is 0 Å². The summed E-state index contributed by atoms with van der Waals surface area (Å²) in [5.74, 6) is 0.0622. The van der Waals surface area contributed by atoms with Gasteiger partial charge in [-0.25, -0.2) is 0 Å². The Morgan fingerprint density at radius 1 is 1.62 bits per heavy atom. The Labute approximate surface area is 77.5 Å². The molecule has 0 aromatic carbocycles. The zero-order chi connectivity index (χ0) is 9.68. The number of pyridine rings is 1. The Morgan fingerprint density at radius 2 is 2.38 bits per heavy atom. The molecule has 0 N–H and O–H groups in total. The summed E-state index contributed by atoms with van der Waals surface area (Å²) in [5, 5.41) is 0. The highest BCUT2D eigenvalue weighted by molar-refractivity contribution is 5.85. The third kappa shape index (κ3) is 3.15. The molecule has 0 fully saturated rings. The summed E-state index contributed by atoms with van der Waals surface area (Å²) >= 11 is 0. The van der Waals surface area contributed by atoms with E-state index in [1.807, 2.05) is 18.2 Å². The van der Waals surface area contributed by atoms with Gasteiger partial charge in [-0.15, -0.1) is 0 Å². The molecule has 13 heavy (non-hydrogen) atoms. The smallest absolute Gasteiger partial charge is 0.153 e. The third-order valence-corrected chi connectivity index (χ3v) is 1.71. The van der Waals surface area contributed by atoms with Crippen molar-refractivity contribution in [3.63, 3.8) is 0 Å². The van der Waals surface area contributed by atoms with E-state index in [2.05, 4.69) is 9.98 Å². The largest absolute Gasteiger partial charge is 0.298 e. The van der Waals surface area contributed by atoms with Crippen LogP contribution in [0.2, 0.25) is 0 Å². The van der Waals surface area contributed by atoms with E-state index in [4.69, 9.17) is 0 Å². The van der Waals surface area contributed by atoms with Crippen LogP contribution in [0, 0.1) is 0 Å². The molecule has 0 spiro atoms. The molecular weight excluding hydrogens is 164 g/mol. The van der Waals surface area contributed by atoms with E-state index in [-0.39, 0.29) is 11.8 Å². The quantitative estimate of drug-likeness (QED) is 0.654. The molecule has 0 bridgehead atoms. The Kier molecular flexibility index (Phi) is 3.31. The van der Waals surface area contributed by atoms with Crippen LogP contribution in [0.4, 0.5) is 0 Å². The number of rotatable bonds is 3. The Hall–Kier alpha value is -1.51. The number of nitrogens with zero attached hydrogens (tertiary/aromatic N) is 2. The van der Waals surface area contributed by atoms with E-state index >= 15 is 0 Å². The van der Waals surface area contributed by atoms with E-state index < -0.39 is 0 Å². The predicted molar refractivity (Wildman–Crippen MR) is 52.0 cm³/mol. The van der Waals surface area contributed by atoms with Gasteiger partial charge in [0, 0.05) is 12.4 Å². The van der Waals surface area contributed by atoms with Crippen LogP contribution in [0.3, 0.4) is 0 Å². The maximum atomic E-state index is 10.8. The van der Waals surface area contributed by atoms with Crippen LogP contribution < -0.4 is 0 Å². The molecule has 0 aliphatic heterocycles. The number of aliphatic imine (C=N–C) groups is 1. The minimum atomic E-state index is -0.276. The zero-order valence-corrected chi connectivity index (χ0v) is 7.77. The maximum Gasteiger partial charge on any atom is 0.153 e. The number of ketones is 1. The molecule has 1 aromatic rings. The number of carbonyl (C=O) groups is 1. The molecule has 1 unspecified atom stereocenters. The lowest BCUT2D eigenvalue weighted by molar-refractivity contribution is -0.117. The molecule has 0 saturated carbocycles. The highest BCUT2D eigenvalue weighted by Gasteiger charge is 2.02. The topological polar surface area (TPSA) is 42.3 Å². The minimum absolute atomic E-state index is 0.0622. The van der Waals surface area contributed by atoms with Crippen LogP contribution >= 0.6 is 0 Å². The fourth-order valence-electron chi connectivity index (χ4n) is 0.745. The number of aromatic nitrogens is 1. The Bertz CT molecular complexity index is 306. The van der Waals surface area contributed by atoms with Gasteiger partial charge < -0.3 is 0 Å². The summed E-state index contributed by atoms with van der Waals surface area (Å²) in [6.45, 7) is 3.29. The molecule has 0 saturated heterocycles. The summed E-state index contributed by atoms with van der Waals surface area (Å²) in [6, 6.07) is 5.29. The molecule has 0 aliphatic carbocycles. The molecule has 0 amide bonds. The monoisotopic (exact) mass is 176 g/mol. The second-order valence-electron chi connectivity index (χ2n) is 2.82. The molecule has 1 rings (SSSR count). The highest BCUT2D eigenvalue weighted by atomic mass is 16.1. The van der Waals surface area contributed by atoms with Crippen molar-refractivity contribution in [3.05, 3.63) is 30.1 Å². The first-order valence-electron chi connectivity index (χ1n) is 4.15. The van der Waals surface area contributed by atoms with Crippen LogP contribution in [-0.2, 0) is 4.79 Å². The summed E-state index contributed by atoms with van der Waals surface area (Å²) in [6.07, 6.45) is 3.31.